The minimum Gasteiger partial charge on any atom is -0.490 e. The van der Waals surface area contributed by atoms with Crippen LogP contribution in [0.1, 0.15) is 39.8 Å². The summed E-state index contributed by atoms with van der Waals surface area (Å²) in [6.45, 7) is 6.43. The molecule has 0 bridgehead atoms. The Kier molecular flexibility index (Phi) is 7.00. The van der Waals surface area contributed by atoms with Gasteiger partial charge in [0.1, 0.15) is 6.61 Å². The molecular weight excluding hydrogens is 452 g/mol. The molecule has 180 valence electrons. The molecular formula is C23H24N8O4. The van der Waals surface area contributed by atoms with Crippen molar-refractivity contribution < 1.29 is 18.9 Å². The van der Waals surface area contributed by atoms with E-state index in [1.54, 1.807) is 19.1 Å². The zero-order chi connectivity index (χ0) is 24.8. The molecule has 0 aliphatic rings. The minimum atomic E-state index is -0.561. The number of anilines is 1. The molecule has 0 radical (unpaired) electrons. The van der Waals surface area contributed by atoms with Gasteiger partial charge in [-0.05, 0) is 60.4 Å². The highest BCUT2D eigenvalue weighted by atomic mass is 16.6. The number of amides is 1. The van der Waals surface area contributed by atoms with Crippen LogP contribution >= 0.6 is 0 Å². The van der Waals surface area contributed by atoms with Crippen molar-refractivity contribution in [3.8, 4) is 17.3 Å². The van der Waals surface area contributed by atoms with Gasteiger partial charge in [0.05, 0.1) is 18.5 Å². The van der Waals surface area contributed by atoms with Gasteiger partial charge >= 0.3 is 0 Å². The molecule has 0 atom stereocenters. The van der Waals surface area contributed by atoms with Gasteiger partial charge in [0.15, 0.2) is 17.2 Å². The number of nitrogens with zero attached hydrogens (tertiary/aromatic N) is 6. The summed E-state index contributed by atoms with van der Waals surface area (Å²) in [5, 5.41) is 18.9. The predicted molar refractivity (Wildman–Crippen MR) is 127 cm³/mol. The second kappa shape index (κ2) is 10.5. The molecule has 4 rings (SSSR count). The first-order valence-corrected chi connectivity index (χ1v) is 10.8. The van der Waals surface area contributed by atoms with Crippen LogP contribution in [0.3, 0.4) is 0 Å². The number of hydrazone groups is 1. The lowest BCUT2D eigenvalue weighted by Gasteiger charge is -2.13. The number of carbonyl (C=O) groups is 1. The van der Waals surface area contributed by atoms with Crippen LogP contribution < -0.4 is 20.6 Å². The molecule has 2 heterocycles. The summed E-state index contributed by atoms with van der Waals surface area (Å²) in [7, 11) is 0. The summed E-state index contributed by atoms with van der Waals surface area (Å²) in [5.41, 5.74) is 11.5. The van der Waals surface area contributed by atoms with Crippen molar-refractivity contribution in [2.45, 2.75) is 27.4 Å². The van der Waals surface area contributed by atoms with Gasteiger partial charge < -0.3 is 15.2 Å². The van der Waals surface area contributed by atoms with Crippen LogP contribution in [0.25, 0.3) is 5.82 Å². The third kappa shape index (κ3) is 5.43. The summed E-state index contributed by atoms with van der Waals surface area (Å²) >= 11 is 0. The first kappa shape index (κ1) is 23.4. The van der Waals surface area contributed by atoms with E-state index < -0.39 is 5.91 Å². The molecule has 3 N–H and O–H groups in total. The number of rotatable bonds is 9. The van der Waals surface area contributed by atoms with Crippen molar-refractivity contribution in [3.05, 3.63) is 70.5 Å². The maximum absolute atomic E-state index is 12.7. The summed E-state index contributed by atoms with van der Waals surface area (Å²) in [5.74, 6) is 0.650. The number of hydrogen-bond acceptors (Lipinski definition) is 10. The van der Waals surface area contributed by atoms with Crippen molar-refractivity contribution in [2.75, 3.05) is 12.3 Å². The number of hydrogen-bond donors (Lipinski definition) is 2. The molecule has 2 aromatic heterocycles. The molecule has 0 aliphatic heterocycles. The maximum atomic E-state index is 12.7. The van der Waals surface area contributed by atoms with Crippen LogP contribution in [0, 0.1) is 13.8 Å². The van der Waals surface area contributed by atoms with E-state index in [0.717, 1.165) is 10.2 Å². The normalized spacial score (nSPS) is 11.1. The molecule has 12 nitrogen and oxygen atoms in total. The highest BCUT2D eigenvalue weighted by Gasteiger charge is 2.22. The number of nitrogens with one attached hydrogen (secondary N) is 1. The van der Waals surface area contributed by atoms with Gasteiger partial charge in [0.2, 0.25) is 11.6 Å². The van der Waals surface area contributed by atoms with Crippen LogP contribution in [0.5, 0.6) is 11.5 Å². The van der Waals surface area contributed by atoms with Crippen molar-refractivity contribution in [1.29, 1.82) is 0 Å². The first-order valence-electron chi connectivity index (χ1n) is 10.8. The standard InChI is InChI=1S/C23H24N8O4/c1-4-33-19-11-17(9-10-18(19)34-13-16-7-5-14(2)6-8-16)12-25-27-23(32)20-15(3)26-30-31(20)22-21(24)28-35-29-22/h5-12H,4,13H2,1-3H3,(H2,24,28)(H,27,32). The fourth-order valence-electron chi connectivity index (χ4n) is 3.16. The molecule has 35 heavy (non-hydrogen) atoms. The molecule has 12 heteroatoms. The van der Waals surface area contributed by atoms with Gasteiger partial charge in [-0.3, -0.25) is 4.79 Å². The highest BCUT2D eigenvalue weighted by Crippen LogP contribution is 2.29. The average Bonchev–Trinajstić information content (AvgIpc) is 3.44. The lowest BCUT2D eigenvalue weighted by Crippen LogP contribution is -2.22. The van der Waals surface area contributed by atoms with Gasteiger partial charge in [-0.2, -0.15) is 9.78 Å². The van der Waals surface area contributed by atoms with Crippen LogP contribution in [0.15, 0.2) is 52.2 Å². The van der Waals surface area contributed by atoms with Crippen LogP contribution in [0.2, 0.25) is 0 Å². The van der Waals surface area contributed by atoms with Gasteiger partial charge in [-0.25, -0.2) is 10.1 Å². The highest BCUT2D eigenvalue weighted by molar-refractivity contribution is 5.94. The molecule has 2 aromatic carbocycles. The number of carbonyl (C=O) groups excluding carboxylic acids is 1. The second-order valence-electron chi connectivity index (χ2n) is 7.52. The van der Waals surface area contributed by atoms with Crippen molar-refractivity contribution in [3.63, 3.8) is 0 Å². The Hall–Kier alpha value is -4.74. The number of nitrogen functional groups attached to an aromatic ring is 1. The number of aromatic nitrogens is 5. The van der Waals surface area contributed by atoms with E-state index in [1.807, 2.05) is 44.2 Å². The Morgan fingerprint density at radius 2 is 1.94 bits per heavy atom. The number of benzene rings is 2. The SMILES string of the molecule is CCOc1cc(C=NNC(=O)c2c(C)nnn2-c2nonc2N)ccc1OCc1ccc(C)cc1. The molecule has 4 aromatic rings. The lowest BCUT2D eigenvalue weighted by molar-refractivity contribution is 0.0946. The number of nitrogens with two attached hydrogens (primary N) is 1. The number of aryl methyl sites for hydroxylation is 2. The predicted octanol–water partition coefficient (Wildman–Crippen LogP) is 2.59. The third-order valence-electron chi connectivity index (χ3n) is 4.91. The Balaban J connectivity index is 1.45. The Labute approximate surface area is 200 Å². The summed E-state index contributed by atoms with van der Waals surface area (Å²) in [6.07, 6.45) is 1.49. The van der Waals surface area contributed by atoms with Crippen molar-refractivity contribution >= 4 is 17.9 Å². The second-order valence-corrected chi connectivity index (χ2v) is 7.52. The van der Waals surface area contributed by atoms with Gasteiger partial charge in [-0.1, -0.05) is 35.0 Å². The zero-order valence-electron chi connectivity index (χ0n) is 19.4. The fraction of sp³-hybridized carbons (Fsp3) is 0.217. The minimum absolute atomic E-state index is 0.0272. The van der Waals surface area contributed by atoms with Gasteiger partial charge in [0, 0.05) is 0 Å². The molecule has 0 saturated heterocycles. The third-order valence-corrected chi connectivity index (χ3v) is 4.91. The van der Waals surface area contributed by atoms with Gasteiger partial charge in [0.25, 0.3) is 5.91 Å². The largest absolute Gasteiger partial charge is 0.490 e. The molecule has 0 unspecified atom stereocenters. The molecule has 0 saturated carbocycles. The number of ether oxygens (including phenoxy) is 2. The lowest BCUT2D eigenvalue weighted by atomic mass is 10.2. The summed E-state index contributed by atoms with van der Waals surface area (Å²) in [6, 6.07) is 13.5. The monoisotopic (exact) mass is 476 g/mol. The topological polar surface area (TPSA) is 156 Å². The van der Waals surface area contributed by atoms with Crippen molar-refractivity contribution in [1.82, 2.24) is 30.7 Å². The van der Waals surface area contributed by atoms with E-state index >= 15 is 0 Å². The van der Waals surface area contributed by atoms with E-state index in [-0.39, 0.29) is 17.3 Å². The molecule has 0 spiro atoms. The van der Waals surface area contributed by atoms with E-state index in [0.29, 0.717) is 36.0 Å². The Bertz CT molecular complexity index is 1340. The van der Waals surface area contributed by atoms with Crippen LogP contribution in [0.4, 0.5) is 5.82 Å². The van der Waals surface area contributed by atoms with Crippen molar-refractivity contribution in [2.24, 2.45) is 5.10 Å². The fourth-order valence-corrected chi connectivity index (χ4v) is 3.16. The smallest absolute Gasteiger partial charge is 0.292 e. The first-order chi connectivity index (χ1) is 17.0. The average molecular weight is 476 g/mol. The quantitative estimate of drug-likeness (QED) is 0.274. The molecule has 0 fully saturated rings. The molecule has 0 aliphatic carbocycles. The maximum Gasteiger partial charge on any atom is 0.292 e. The Morgan fingerprint density at radius 3 is 2.66 bits per heavy atom. The van der Waals surface area contributed by atoms with Crippen LogP contribution in [-0.2, 0) is 6.61 Å². The van der Waals surface area contributed by atoms with Gasteiger partial charge in [-0.15, -0.1) is 5.10 Å². The van der Waals surface area contributed by atoms with E-state index in [1.165, 1.54) is 11.8 Å². The Morgan fingerprint density at radius 1 is 1.14 bits per heavy atom. The molecule has 1 amide bonds. The summed E-state index contributed by atoms with van der Waals surface area (Å²) in [4.78, 5) is 12.7. The van der Waals surface area contributed by atoms with E-state index in [2.05, 4.69) is 35.8 Å². The van der Waals surface area contributed by atoms with E-state index in [9.17, 15) is 4.79 Å². The zero-order valence-corrected chi connectivity index (χ0v) is 19.4. The van der Waals surface area contributed by atoms with Crippen LogP contribution in [-0.4, -0.2) is 44.0 Å². The summed E-state index contributed by atoms with van der Waals surface area (Å²) < 4.78 is 17.4. The van der Waals surface area contributed by atoms with E-state index in [4.69, 9.17) is 15.2 Å².